The second-order valence-electron chi connectivity index (χ2n) is 7.17. The van der Waals surface area contributed by atoms with Gasteiger partial charge in [0.05, 0.1) is 5.92 Å². The van der Waals surface area contributed by atoms with E-state index in [0.717, 1.165) is 54.0 Å². The van der Waals surface area contributed by atoms with Crippen LogP contribution in [0.25, 0.3) is 0 Å². The number of hydrogen-bond acceptors (Lipinski definition) is 3. The van der Waals surface area contributed by atoms with Crippen LogP contribution in [0.15, 0.2) is 48.5 Å². The van der Waals surface area contributed by atoms with Gasteiger partial charge in [-0.3, -0.25) is 9.69 Å². The molecule has 1 N–H and O–H groups in total. The number of hydrogen-bond donors (Lipinski definition) is 1. The van der Waals surface area contributed by atoms with E-state index in [1.54, 1.807) is 0 Å². The first kappa shape index (κ1) is 21.5. The number of amides is 1. The first-order valence-corrected chi connectivity index (χ1v) is 11.6. The first-order valence-electron chi connectivity index (χ1n) is 9.67. The molecule has 1 fully saturated rings. The summed E-state index contributed by atoms with van der Waals surface area (Å²) in [5.41, 5.74) is 2.46. The molecule has 3 nitrogen and oxygen atoms in total. The Balaban J connectivity index is 1.36. The highest BCUT2D eigenvalue weighted by Crippen LogP contribution is 2.20. The maximum Gasteiger partial charge on any atom is 0.224 e. The summed E-state index contributed by atoms with van der Waals surface area (Å²) in [4.78, 5) is 14.9. The predicted molar refractivity (Wildman–Crippen MR) is 120 cm³/mol. The molecule has 0 aliphatic carbocycles. The number of benzene rings is 2. The lowest BCUT2D eigenvalue weighted by Crippen LogP contribution is -2.43. The summed E-state index contributed by atoms with van der Waals surface area (Å²) in [6.45, 7) is 3.41. The topological polar surface area (TPSA) is 32.3 Å². The lowest BCUT2D eigenvalue weighted by Gasteiger charge is -2.32. The molecule has 1 amide bonds. The van der Waals surface area contributed by atoms with Crippen molar-refractivity contribution in [2.24, 2.45) is 5.92 Å². The van der Waals surface area contributed by atoms with E-state index in [1.165, 1.54) is 11.1 Å². The lowest BCUT2D eigenvalue weighted by atomic mass is 9.96. The third-order valence-electron chi connectivity index (χ3n) is 4.90. The minimum absolute atomic E-state index is 0.0780. The van der Waals surface area contributed by atoms with Crippen LogP contribution in [0.2, 0.25) is 10.0 Å². The fourth-order valence-corrected chi connectivity index (χ4v) is 4.63. The fourth-order valence-electron chi connectivity index (χ4n) is 3.47. The van der Waals surface area contributed by atoms with Gasteiger partial charge in [0.25, 0.3) is 0 Å². The fraction of sp³-hybridized carbons (Fsp3) is 0.409. The third-order valence-corrected chi connectivity index (χ3v) is 6.42. The molecule has 2 aromatic carbocycles. The zero-order valence-electron chi connectivity index (χ0n) is 15.9. The molecule has 1 aliphatic rings. The Hall–Kier alpha value is -1.20. The Morgan fingerprint density at radius 2 is 1.93 bits per heavy atom. The summed E-state index contributed by atoms with van der Waals surface area (Å²) < 4.78 is 0. The molecule has 0 aromatic heterocycles. The molecular weight excluding hydrogens is 411 g/mol. The van der Waals surface area contributed by atoms with Gasteiger partial charge in [0.2, 0.25) is 5.91 Å². The standard InChI is InChI=1S/C22H26Cl2N2OS/c23-20-8-6-17(7-9-20)16-28-12-10-25-22(27)19-4-2-11-26(15-19)14-18-3-1-5-21(24)13-18/h1,3,5-9,13,19H,2,4,10-12,14-16H2,(H,25,27). The average molecular weight is 437 g/mol. The van der Waals surface area contributed by atoms with Gasteiger partial charge in [0, 0.05) is 41.2 Å². The van der Waals surface area contributed by atoms with Crippen LogP contribution in [0.1, 0.15) is 24.0 Å². The highest BCUT2D eigenvalue weighted by atomic mass is 35.5. The smallest absolute Gasteiger partial charge is 0.224 e. The molecule has 0 spiro atoms. The molecule has 150 valence electrons. The molecule has 2 aromatic rings. The number of carbonyl (C=O) groups excluding carboxylic acids is 1. The van der Waals surface area contributed by atoms with Crippen molar-refractivity contribution in [3.05, 3.63) is 69.7 Å². The van der Waals surface area contributed by atoms with E-state index >= 15 is 0 Å². The van der Waals surface area contributed by atoms with Crippen molar-refractivity contribution in [2.45, 2.75) is 25.1 Å². The highest BCUT2D eigenvalue weighted by Gasteiger charge is 2.25. The van der Waals surface area contributed by atoms with E-state index in [1.807, 2.05) is 54.2 Å². The number of likely N-dealkylation sites (tertiary alicyclic amines) is 1. The van der Waals surface area contributed by atoms with Crippen LogP contribution < -0.4 is 5.32 Å². The summed E-state index contributed by atoms with van der Waals surface area (Å²) >= 11 is 13.8. The molecule has 1 heterocycles. The van der Waals surface area contributed by atoms with Gasteiger partial charge in [-0.25, -0.2) is 0 Å². The number of thioether (sulfide) groups is 1. The number of nitrogens with zero attached hydrogens (tertiary/aromatic N) is 1. The van der Waals surface area contributed by atoms with Gasteiger partial charge >= 0.3 is 0 Å². The average Bonchev–Trinajstić information content (AvgIpc) is 2.69. The Morgan fingerprint density at radius 1 is 1.11 bits per heavy atom. The van der Waals surface area contributed by atoms with Crippen molar-refractivity contribution >= 4 is 40.9 Å². The van der Waals surface area contributed by atoms with Crippen molar-refractivity contribution < 1.29 is 4.79 Å². The van der Waals surface area contributed by atoms with Crippen LogP contribution in [0, 0.1) is 5.92 Å². The first-order chi connectivity index (χ1) is 13.6. The van der Waals surface area contributed by atoms with Crippen LogP contribution in [-0.4, -0.2) is 36.2 Å². The molecule has 3 rings (SSSR count). The maximum atomic E-state index is 12.5. The zero-order valence-corrected chi connectivity index (χ0v) is 18.2. The molecule has 28 heavy (non-hydrogen) atoms. The highest BCUT2D eigenvalue weighted by molar-refractivity contribution is 7.98. The molecular formula is C22H26Cl2N2OS. The maximum absolute atomic E-state index is 12.5. The van der Waals surface area contributed by atoms with Gasteiger partial charge in [-0.2, -0.15) is 11.8 Å². The molecule has 0 saturated carbocycles. The largest absolute Gasteiger partial charge is 0.355 e. The SMILES string of the molecule is O=C(NCCSCc1ccc(Cl)cc1)C1CCCN(Cc2cccc(Cl)c2)C1. The number of rotatable bonds is 8. The van der Waals surface area contributed by atoms with E-state index in [2.05, 4.69) is 16.3 Å². The summed E-state index contributed by atoms with van der Waals surface area (Å²) in [5, 5.41) is 4.64. The third kappa shape index (κ3) is 7.00. The predicted octanol–water partition coefficient (Wildman–Crippen LogP) is 5.26. The van der Waals surface area contributed by atoms with Gasteiger partial charge in [-0.15, -0.1) is 0 Å². The van der Waals surface area contributed by atoms with E-state index in [-0.39, 0.29) is 11.8 Å². The minimum Gasteiger partial charge on any atom is -0.355 e. The Labute approximate surface area is 181 Å². The number of piperidine rings is 1. The summed E-state index contributed by atoms with van der Waals surface area (Å²) in [6, 6.07) is 15.9. The minimum atomic E-state index is 0.0780. The van der Waals surface area contributed by atoms with Crippen LogP contribution >= 0.6 is 35.0 Å². The molecule has 1 saturated heterocycles. The van der Waals surface area contributed by atoms with E-state index in [4.69, 9.17) is 23.2 Å². The lowest BCUT2D eigenvalue weighted by molar-refractivity contribution is -0.126. The van der Waals surface area contributed by atoms with Crippen molar-refractivity contribution in [3.8, 4) is 0 Å². The molecule has 6 heteroatoms. The number of halogens is 2. The van der Waals surface area contributed by atoms with Crippen LogP contribution in [0.5, 0.6) is 0 Å². The number of nitrogens with one attached hydrogen (secondary N) is 1. The van der Waals surface area contributed by atoms with Crippen LogP contribution in [0.3, 0.4) is 0 Å². The molecule has 0 bridgehead atoms. The Bertz CT molecular complexity index is 769. The summed E-state index contributed by atoms with van der Waals surface area (Å²) in [6.07, 6.45) is 2.03. The molecule has 1 aliphatic heterocycles. The summed E-state index contributed by atoms with van der Waals surface area (Å²) in [7, 11) is 0. The zero-order chi connectivity index (χ0) is 19.8. The Kier molecular flexibility index (Phi) is 8.53. The second-order valence-corrected chi connectivity index (χ2v) is 9.15. The molecule has 1 atom stereocenters. The quantitative estimate of drug-likeness (QED) is 0.573. The van der Waals surface area contributed by atoms with Crippen LogP contribution in [0.4, 0.5) is 0 Å². The van der Waals surface area contributed by atoms with E-state index in [0.29, 0.717) is 6.54 Å². The number of carbonyl (C=O) groups is 1. The van der Waals surface area contributed by atoms with E-state index in [9.17, 15) is 4.79 Å². The van der Waals surface area contributed by atoms with Gasteiger partial charge in [-0.1, -0.05) is 47.5 Å². The van der Waals surface area contributed by atoms with Crippen molar-refractivity contribution in [1.82, 2.24) is 10.2 Å². The van der Waals surface area contributed by atoms with Crippen LogP contribution in [-0.2, 0) is 17.1 Å². The van der Waals surface area contributed by atoms with E-state index < -0.39 is 0 Å². The Morgan fingerprint density at radius 3 is 2.71 bits per heavy atom. The van der Waals surface area contributed by atoms with Crippen molar-refractivity contribution in [3.63, 3.8) is 0 Å². The van der Waals surface area contributed by atoms with Gasteiger partial charge in [0.1, 0.15) is 0 Å². The van der Waals surface area contributed by atoms with Gasteiger partial charge < -0.3 is 5.32 Å². The van der Waals surface area contributed by atoms with Crippen molar-refractivity contribution in [1.29, 1.82) is 0 Å². The molecule has 0 radical (unpaired) electrons. The molecule has 1 unspecified atom stereocenters. The van der Waals surface area contributed by atoms with Gasteiger partial charge in [-0.05, 0) is 54.8 Å². The monoisotopic (exact) mass is 436 g/mol. The second kappa shape index (κ2) is 11.1. The van der Waals surface area contributed by atoms with Gasteiger partial charge in [0.15, 0.2) is 0 Å². The normalized spacial score (nSPS) is 17.4. The van der Waals surface area contributed by atoms with Crippen molar-refractivity contribution in [2.75, 3.05) is 25.4 Å². The summed E-state index contributed by atoms with van der Waals surface area (Å²) in [5.74, 6) is 2.11.